The maximum atomic E-state index is 12.0. The van der Waals surface area contributed by atoms with E-state index >= 15 is 0 Å². The molecule has 1 aliphatic heterocycles. The summed E-state index contributed by atoms with van der Waals surface area (Å²) in [5, 5.41) is 10.8. The van der Waals surface area contributed by atoms with Crippen molar-refractivity contribution in [1.29, 1.82) is 0 Å². The zero-order valence-corrected chi connectivity index (χ0v) is 12.1. The van der Waals surface area contributed by atoms with Crippen molar-refractivity contribution in [2.45, 2.75) is 13.1 Å². The molecule has 6 nitrogen and oxygen atoms in total. The summed E-state index contributed by atoms with van der Waals surface area (Å²) in [6.07, 6.45) is 1.73. The zero-order valence-electron chi connectivity index (χ0n) is 10.5. The Bertz CT molecular complexity index is 652. The lowest BCUT2D eigenvalue weighted by Crippen LogP contribution is -2.28. The fourth-order valence-electron chi connectivity index (χ4n) is 2.15. The van der Waals surface area contributed by atoms with Gasteiger partial charge in [0.2, 0.25) is 0 Å². The van der Waals surface area contributed by atoms with E-state index in [0.29, 0.717) is 11.5 Å². The normalized spacial score (nSPS) is 14.2. The summed E-state index contributed by atoms with van der Waals surface area (Å²) in [6, 6.07) is 3.73. The second-order valence-electron chi connectivity index (χ2n) is 4.53. The van der Waals surface area contributed by atoms with Gasteiger partial charge in [-0.25, -0.2) is 0 Å². The standard InChI is InChI=1S/C12H14BrN5O/c1-17-7-8(13)4-10(12(17)19)15-11-5-9-6-14-2-3-18(9)16-11/h4-5,7,14H,2-3,6H2,1H3,(H,15,16). The minimum absolute atomic E-state index is 0.0766. The van der Waals surface area contributed by atoms with Crippen molar-refractivity contribution in [3.05, 3.63) is 38.9 Å². The van der Waals surface area contributed by atoms with Gasteiger partial charge in [-0.15, -0.1) is 0 Å². The van der Waals surface area contributed by atoms with Crippen LogP contribution in [0.25, 0.3) is 0 Å². The van der Waals surface area contributed by atoms with Crippen LogP contribution in [0.2, 0.25) is 0 Å². The van der Waals surface area contributed by atoms with Gasteiger partial charge in [-0.2, -0.15) is 5.10 Å². The number of pyridine rings is 1. The molecule has 0 amide bonds. The monoisotopic (exact) mass is 323 g/mol. The van der Waals surface area contributed by atoms with Gasteiger partial charge in [-0.05, 0) is 22.0 Å². The van der Waals surface area contributed by atoms with Crippen LogP contribution in [-0.2, 0) is 20.1 Å². The van der Waals surface area contributed by atoms with E-state index in [1.165, 1.54) is 4.57 Å². The number of fused-ring (bicyclic) bond motifs is 1. The van der Waals surface area contributed by atoms with Gasteiger partial charge in [0.1, 0.15) is 5.69 Å². The highest BCUT2D eigenvalue weighted by Crippen LogP contribution is 2.18. The Kier molecular flexibility index (Phi) is 3.16. The van der Waals surface area contributed by atoms with Crippen molar-refractivity contribution >= 4 is 27.4 Å². The van der Waals surface area contributed by atoms with Gasteiger partial charge in [0.15, 0.2) is 5.82 Å². The predicted molar refractivity (Wildman–Crippen MR) is 76.6 cm³/mol. The Morgan fingerprint density at radius 2 is 2.32 bits per heavy atom. The van der Waals surface area contributed by atoms with Crippen LogP contribution in [0, 0.1) is 0 Å². The summed E-state index contributed by atoms with van der Waals surface area (Å²) in [6.45, 7) is 2.59. The van der Waals surface area contributed by atoms with Crippen LogP contribution in [0.15, 0.2) is 27.6 Å². The van der Waals surface area contributed by atoms with Gasteiger partial charge in [-0.1, -0.05) is 0 Å². The molecular weight excluding hydrogens is 310 g/mol. The van der Waals surface area contributed by atoms with Crippen LogP contribution in [0.4, 0.5) is 11.5 Å². The largest absolute Gasteiger partial charge is 0.334 e. The van der Waals surface area contributed by atoms with E-state index in [9.17, 15) is 4.79 Å². The van der Waals surface area contributed by atoms with Crippen LogP contribution in [0.3, 0.4) is 0 Å². The van der Waals surface area contributed by atoms with E-state index < -0.39 is 0 Å². The fraction of sp³-hybridized carbons (Fsp3) is 0.333. The maximum absolute atomic E-state index is 12.0. The first-order valence-electron chi connectivity index (χ1n) is 6.04. The molecule has 0 atom stereocenters. The highest BCUT2D eigenvalue weighted by molar-refractivity contribution is 9.10. The highest BCUT2D eigenvalue weighted by atomic mass is 79.9. The van der Waals surface area contributed by atoms with E-state index in [2.05, 4.69) is 31.7 Å². The van der Waals surface area contributed by atoms with E-state index in [1.54, 1.807) is 19.3 Å². The molecule has 2 aromatic heterocycles. The van der Waals surface area contributed by atoms with Gasteiger partial charge < -0.3 is 15.2 Å². The fourth-order valence-corrected chi connectivity index (χ4v) is 2.69. The molecule has 2 N–H and O–H groups in total. The first-order valence-corrected chi connectivity index (χ1v) is 6.83. The minimum Gasteiger partial charge on any atom is -0.334 e. The van der Waals surface area contributed by atoms with Gasteiger partial charge in [0, 0.05) is 36.9 Å². The van der Waals surface area contributed by atoms with Gasteiger partial charge >= 0.3 is 0 Å². The molecule has 0 spiro atoms. The number of rotatable bonds is 2. The van der Waals surface area contributed by atoms with Gasteiger partial charge in [0.25, 0.3) is 5.56 Å². The number of aromatic nitrogens is 3. The third kappa shape index (κ3) is 2.43. The molecule has 100 valence electrons. The molecule has 0 fully saturated rings. The topological polar surface area (TPSA) is 63.9 Å². The summed E-state index contributed by atoms with van der Waals surface area (Å²) in [5.74, 6) is 0.703. The number of halogens is 1. The zero-order chi connectivity index (χ0) is 13.4. The Hall–Kier alpha value is -1.60. The summed E-state index contributed by atoms with van der Waals surface area (Å²) >= 11 is 3.38. The molecule has 19 heavy (non-hydrogen) atoms. The summed E-state index contributed by atoms with van der Waals surface area (Å²) in [5.41, 5.74) is 1.56. The van der Waals surface area contributed by atoms with Crippen molar-refractivity contribution in [3.8, 4) is 0 Å². The second-order valence-corrected chi connectivity index (χ2v) is 5.45. The quantitative estimate of drug-likeness (QED) is 0.871. The molecule has 0 aromatic carbocycles. The smallest absolute Gasteiger partial charge is 0.274 e. The summed E-state index contributed by atoms with van der Waals surface area (Å²) < 4.78 is 4.34. The molecule has 2 aromatic rings. The number of aryl methyl sites for hydroxylation is 1. The maximum Gasteiger partial charge on any atom is 0.274 e. The van der Waals surface area contributed by atoms with Gasteiger partial charge in [-0.3, -0.25) is 9.48 Å². The number of hydrogen-bond acceptors (Lipinski definition) is 4. The molecular formula is C12H14BrN5O. The number of nitrogens with zero attached hydrogens (tertiary/aromatic N) is 3. The average molecular weight is 324 g/mol. The van der Waals surface area contributed by atoms with Crippen molar-refractivity contribution in [3.63, 3.8) is 0 Å². The lowest BCUT2D eigenvalue weighted by molar-refractivity contribution is 0.476. The van der Waals surface area contributed by atoms with E-state index in [0.717, 1.165) is 29.8 Å². The minimum atomic E-state index is -0.0766. The lowest BCUT2D eigenvalue weighted by Gasteiger charge is -2.13. The summed E-state index contributed by atoms with van der Waals surface area (Å²) in [4.78, 5) is 12.0. The van der Waals surface area contributed by atoms with Crippen molar-refractivity contribution < 1.29 is 0 Å². The molecule has 0 unspecified atom stereocenters. The molecule has 0 saturated carbocycles. The molecule has 0 bridgehead atoms. The first kappa shape index (κ1) is 12.4. The Balaban J connectivity index is 1.93. The second kappa shape index (κ2) is 4.82. The number of hydrogen-bond donors (Lipinski definition) is 2. The van der Waals surface area contributed by atoms with Crippen molar-refractivity contribution in [1.82, 2.24) is 19.7 Å². The van der Waals surface area contributed by atoms with E-state index in [4.69, 9.17) is 0 Å². The molecule has 3 heterocycles. The Morgan fingerprint density at radius 3 is 3.11 bits per heavy atom. The van der Waals surface area contributed by atoms with Crippen molar-refractivity contribution in [2.24, 2.45) is 7.05 Å². The Labute approximate surface area is 118 Å². The van der Waals surface area contributed by atoms with E-state index in [1.807, 2.05) is 10.7 Å². The predicted octanol–water partition coefficient (Wildman–Crippen LogP) is 1.19. The van der Waals surface area contributed by atoms with Crippen LogP contribution >= 0.6 is 15.9 Å². The first-order chi connectivity index (χ1) is 9.13. The van der Waals surface area contributed by atoms with Crippen LogP contribution in [0.5, 0.6) is 0 Å². The van der Waals surface area contributed by atoms with Gasteiger partial charge in [0.05, 0.1) is 12.2 Å². The highest BCUT2D eigenvalue weighted by Gasteiger charge is 2.12. The molecule has 0 radical (unpaired) electrons. The SMILES string of the molecule is Cn1cc(Br)cc(Nc2cc3n(n2)CCNC3)c1=O. The number of anilines is 2. The summed E-state index contributed by atoms with van der Waals surface area (Å²) in [7, 11) is 1.72. The van der Waals surface area contributed by atoms with E-state index in [-0.39, 0.29) is 5.56 Å². The van der Waals surface area contributed by atoms with Crippen LogP contribution < -0.4 is 16.2 Å². The Morgan fingerprint density at radius 1 is 1.47 bits per heavy atom. The average Bonchev–Trinajstić information content (AvgIpc) is 2.77. The molecule has 0 aliphatic carbocycles. The molecule has 7 heteroatoms. The van der Waals surface area contributed by atoms with Crippen LogP contribution in [0.1, 0.15) is 5.69 Å². The third-order valence-corrected chi connectivity index (χ3v) is 3.52. The van der Waals surface area contributed by atoms with Crippen LogP contribution in [-0.4, -0.2) is 20.9 Å². The molecule has 0 saturated heterocycles. The molecule has 1 aliphatic rings. The lowest BCUT2D eigenvalue weighted by atomic mass is 10.3. The third-order valence-electron chi connectivity index (χ3n) is 3.08. The number of nitrogens with one attached hydrogen (secondary N) is 2. The molecule has 3 rings (SSSR count). The van der Waals surface area contributed by atoms with Crippen molar-refractivity contribution in [2.75, 3.05) is 11.9 Å².